The molecule has 1 atom stereocenters. The van der Waals surface area contributed by atoms with E-state index in [9.17, 15) is 4.79 Å². The van der Waals surface area contributed by atoms with Gasteiger partial charge in [-0.05, 0) is 47.0 Å². The summed E-state index contributed by atoms with van der Waals surface area (Å²) in [5.41, 5.74) is 3.55. The van der Waals surface area contributed by atoms with Crippen molar-refractivity contribution in [3.63, 3.8) is 0 Å². The molecular formula is C24H29NO. The van der Waals surface area contributed by atoms with Crippen molar-refractivity contribution in [3.8, 4) is 11.1 Å². The minimum atomic E-state index is -0.133. The molecule has 0 bridgehead atoms. The molecule has 0 heterocycles. The Morgan fingerprint density at radius 2 is 1.54 bits per heavy atom. The molecule has 0 fully saturated rings. The predicted octanol–water partition coefficient (Wildman–Crippen LogP) is 5.66. The Balaban J connectivity index is 0.000000791. The Morgan fingerprint density at radius 1 is 0.885 bits per heavy atom. The molecule has 2 nitrogen and oxygen atoms in total. The highest BCUT2D eigenvalue weighted by atomic mass is 16.1. The van der Waals surface area contributed by atoms with Crippen LogP contribution < -0.4 is 5.32 Å². The largest absolute Gasteiger partial charge is 0.311 e. The maximum absolute atomic E-state index is 11.0. The van der Waals surface area contributed by atoms with Gasteiger partial charge >= 0.3 is 0 Å². The van der Waals surface area contributed by atoms with Crippen LogP contribution in [0.25, 0.3) is 21.9 Å². The van der Waals surface area contributed by atoms with Gasteiger partial charge in [-0.3, -0.25) is 0 Å². The summed E-state index contributed by atoms with van der Waals surface area (Å²) < 4.78 is 0. The summed E-state index contributed by atoms with van der Waals surface area (Å²) in [5, 5.41) is 5.51. The zero-order chi connectivity index (χ0) is 19.4. The van der Waals surface area contributed by atoms with Gasteiger partial charge in [0.15, 0.2) is 0 Å². The van der Waals surface area contributed by atoms with Crippen molar-refractivity contribution in [2.24, 2.45) is 0 Å². The number of fused-ring (bicyclic) bond motifs is 1. The molecule has 0 amide bonds. The standard InChI is InChI=1S/C20H19NO.C2H6.C2H4/c1-21-20(14-22)12-15-5-4-8-17(11-15)19-10-9-16-6-2-3-7-18(16)13-19;2*1-2/h2-11,13-14,20-21H,12H2,1H3;1-2H3;1-2H2. The number of benzene rings is 3. The van der Waals surface area contributed by atoms with Crippen molar-refractivity contribution < 1.29 is 4.79 Å². The van der Waals surface area contributed by atoms with Crippen LogP contribution >= 0.6 is 0 Å². The summed E-state index contributed by atoms with van der Waals surface area (Å²) in [6.07, 6.45) is 1.67. The molecule has 0 radical (unpaired) electrons. The molecule has 0 aromatic heterocycles. The average molecular weight is 348 g/mol. The van der Waals surface area contributed by atoms with E-state index in [0.29, 0.717) is 6.42 Å². The first kappa shape index (κ1) is 21.3. The predicted molar refractivity (Wildman–Crippen MR) is 115 cm³/mol. The molecular weight excluding hydrogens is 318 g/mol. The van der Waals surface area contributed by atoms with Crippen molar-refractivity contribution in [1.29, 1.82) is 0 Å². The van der Waals surface area contributed by atoms with E-state index < -0.39 is 0 Å². The minimum Gasteiger partial charge on any atom is -0.311 e. The summed E-state index contributed by atoms with van der Waals surface area (Å²) in [4.78, 5) is 11.0. The summed E-state index contributed by atoms with van der Waals surface area (Å²) >= 11 is 0. The minimum absolute atomic E-state index is 0.133. The van der Waals surface area contributed by atoms with Crippen molar-refractivity contribution in [1.82, 2.24) is 5.32 Å². The Kier molecular flexibility index (Phi) is 9.66. The third-order valence-electron chi connectivity index (χ3n) is 4.00. The molecule has 0 aliphatic rings. The second-order valence-corrected chi connectivity index (χ2v) is 5.50. The fraction of sp³-hybridized carbons (Fsp3) is 0.208. The van der Waals surface area contributed by atoms with Crippen LogP contribution in [-0.2, 0) is 11.2 Å². The molecule has 1 N–H and O–H groups in total. The first-order valence-corrected chi connectivity index (χ1v) is 9.01. The highest BCUT2D eigenvalue weighted by molar-refractivity contribution is 5.87. The van der Waals surface area contributed by atoms with Crippen LogP contribution in [0.2, 0.25) is 0 Å². The Labute approximate surface area is 157 Å². The summed E-state index contributed by atoms with van der Waals surface area (Å²) in [6.45, 7) is 10.0. The van der Waals surface area contributed by atoms with E-state index in [1.807, 2.05) is 20.9 Å². The van der Waals surface area contributed by atoms with Crippen molar-refractivity contribution in [2.75, 3.05) is 7.05 Å². The molecule has 0 spiro atoms. The van der Waals surface area contributed by atoms with Crippen molar-refractivity contribution >= 4 is 17.1 Å². The lowest BCUT2D eigenvalue weighted by molar-refractivity contribution is -0.109. The van der Waals surface area contributed by atoms with Crippen LogP contribution in [0.4, 0.5) is 0 Å². The van der Waals surface area contributed by atoms with E-state index in [0.717, 1.165) is 11.8 Å². The van der Waals surface area contributed by atoms with Crippen LogP contribution in [0.5, 0.6) is 0 Å². The SMILES string of the molecule is C=C.CC.CNC(C=O)Cc1cccc(-c2ccc3ccccc3c2)c1. The van der Waals surface area contributed by atoms with Crippen molar-refractivity contribution in [3.05, 3.63) is 85.5 Å². The number of aldehydes is 1. The fourth-order valence-corrected chi connectivity index (χ4v) is 2.72. The number of rotatable bonds is 5. The molecule has 3 aromatic rings. The monoisotopic (exact) mass is 347 g/mol. The molecule has 0 aliphatic heterocycles. The molecule has 3 rings (SSSR count). The van der Waals surface area contributed by atoms with Gasteiger partial charge in [0.1, 0.15) is 6.29 Å². The fourth-order valence-electron chi connectivity index (χ4n) is 2.72. The van der Waals surface area contributed by atoms with Gasteiger partial charge in [0.2, 0.25) is 0 Å². The third kappa shape index (κ3) is 5.68. The van der Waals surface area contributed by atoms with E-state index in [2.05, 4.69) is 85.2 Å². The Bertz CT molecular complexity index is 810. The van der Waals surface area contributed by atoms with E-state index in [4.69, 9.17) is 0 Å². The number of hydrogen-bond acceptors (Lipinski definition) is 2. The van der Waals surface area contributed by atoms with E-state index in [1.54, 1.807) is 0 Å². The van der Waals surface area contributed by atoms with Gasteiger partial charge in [-0.2, -0.15) is 0 Å². The quantitative estimate of drug-likeness (QED) is 0.476. The Hall–Kier alpha value is -2.71. The lowest BCUT2D eigenvalue weighted by atomic mass is 9.98. The van der Waals surface area contributed by atoms with Gasteiger partial charge in [0, 0.05) is 0 Å². The molecule has 2 heteroatoms. The van der Waals surface area contributed by atoms with Crippen LogP contribution in [-0.4, -0.2) is 19.4 Å². The van der Waals surface area contributed by atoms with Gasteiger partial charge in [0.25, 0.3) is 0 Å². The first-order valence-electron chi connectivity index (χ1n) is 9.01. The van der Waals surface area contributed by atoms with E-state index in [1.165, 1.54) is 21.9 Å². The van der Waals surface area contributed by atoms with Crippen LogP contribution in [0.15, 0.2) is 79.9 Å². The second-order valence-electron chi connectivity index (χ2n) is 5.50. The molecule has 1 unspecified atom stereocenters. The topological polar surface area (TPSA) is 29.1 Å². The number of carbonyl (C=O) groups is 1. The van der Waals surface area contributed by atoms with Gasteiger partial charge in [-0.1, -0.05) is 74.5 Å². The first-order chi connectivity index (χ1) is 12.8. The van der Waals surface area contributed by atoms with Crippen LogP contribution in [0, 0.1) is 0 Å². The van der Waals surface area contributed by atoms with Gasteiger partial charge < -0.3 is 10.1 Å². The molecule has 26 heavy (non-hydrogen) atoms. The van der Waals surface area contributed by atoms with Crippen LogP contribution in [0.3, 0.4) is 0 Å². The normalized spacial score (nSPS) is 10.7. The summed E-state index contributed by atoms with van der Waals surface area (Å²) in [7, 11) is 1.81. The summed E-state index contributed by atoms with van der Waals surface area (Å²) in [5.74, 6) is 0. The average Bonchev–Trinajstić information content (AvgIpc) is 2.74. The van der Waals surface area contributed by atoms with Crippen LogP contribution in [0.1, 0.15) is 19.4 Å². The van der Waals surface area contributed by atoms with E-state index >= 15 is 0 Å². The van der Waals surface area contributed by atoms with Gasteiger partial charge in [0.05, 0.1) is 6.04 Å². The van der Waals surface area contributed by atoms with Gasteiger partial charge in [-0.15, -0.1) is 13.2 Å². The molecule has 3 aromatic carbocycles. The maximum Gasteiger partial charge on any atom is 0.137 e. The summed E-state index contributed by atoms with van der Waals surface area (Å²) in [6, 6.07) is 23.1. The lowest BCUT2D eigenvalue weighted by Gasteiger charge is -2.11. The van der Waals surface area contributed by atoms with Crippen molar-refractivity contribution in [2.45, 2.75) is 26.3 Å². The Morgan fingerprint density at radius 3 is 2.19 bits per heavy atom. The highest BCUT2D eigenvalue weighted by Crippen LogP contribution is 2.25. The molecule has 0 aliphatic carbocycles. The number of carbonyl (C=O) groups excluding carboxylic acids is 1. The molecule has 0 saturated carbocycles. The van der Waals surface area contributed by atoms with E-state index in [-0.39, 0.29) is 6.04 Å². The molecule has 0 saturated heterocycles. The number of hydrogen-bond donors (Lipinski definition) is 1. The maximum atomic E-state index is 11.0. The second kappa shape index (κ2) is 11.8. The zero-order valence-electron chi connectivity index (χ0n) is 16.0. The highest BCUT2D eigenvalue weighted by Gasteiger charge is 2.07. The lowest BCUT2D eigenvalue weighted by Crippen LogP contribution is -2.28. The number of likely N-dealkylation sites (N-methyl/N-ethyl adjacent to an activating group) is 1. The number of nitrogens with one attached hydrogen (secondary N) is 1. The molecule has 136 valence electrons. The third-order valence-corrected chi connectivity index (χ3v) is 4.00. The van der Waals surface area contributed by atoms with Gasteiger partial charge in [-0.25, -0.2) is 0 Å². The zero-order valence-corrected chi connectivity index (χ0v) is 16.0. The smallest absolute Gasteiger partial charge is 0.137 e.